The van der Waals surface area contributed by atoms with Gasteiger partial charge in [-0.2, -0.15) is 0 Å². The standard InChI is InChI=1S/C18H11ClN6O2S/c1-10-17(28-25-23-10)22-18(26)21-13-5-2-11(3-6-13)14-8-12(4-7-15(14)19)16-24-20-9-27-16/h2,4-5,7-9H,1H3,(H2,21,22,26). The Morgan fingerprint density at radius 1 is 1.18 bits per heavy atom. The summed E-state index contributed by atoms with van der Waals surface area (Å²) in [5, 5.41) is 17.9. The summed E-state index contributed by atoms with van der Waals surface area (Å²) in [6.07, 6.45) is 1.26. The highest BCUT2D eigenvalue weighted by Gasteiger charge is 2.11. The normalized spacial score (nSPS) is 10.4. The van der Waals surface area contributed by atoms with Crippen molar-refractivity contribution < 1.29 is 9.21 Å². The molecule has 0 aliphatic rings. The molecule has 0 unspecified atom stereocenters. The molecule has 4 rings (SSSR count). The zero-order chi connectivity index (χ0) is 19.5. The van der Waals surface area contributed by atoms with Crippen LogP contribution in [0.5, 0.6) is 0 Å². The van der Waals surface area contributed by atoms with E-state index in [0.29, 0.717) is 32.9 Å². The summed E-state index contributed by atoms with van der Waals surface area (Å²) >= 11 is 7.43. The van der Waals surface area contributed by atoms with Crippen molar-refractivity contribution in [3.63, 3.8) is 0 Å². The van der Waals surface area contributed by atoms with Crippen LogP contribution < -0.4 is 10.6 Å². The highest BCUT2D eigenvalue weighted by molar-refractivity contribution is 7.10. The smallest absolute Gasteiger partial charge is 0.324 e. The lowest BCUT2D eigenvalue weighted by molar-refractivity contribution is 0.262. The Labute approximate surface area is 168 Å². The molecule has 2 amide bonds. The minimum atomic E-state index is -0.414. The van der Waals surface area contributed by atoms with Gasteiger partial charge in [-0.25, -0.2) is 4.79 Å². The number of aryl methyl sites for hydroxylation is 1. The predicted molar refractivity (Wildman–Crippen MR) is 105 cm³/mol. The minimum Gasteiger partial charge on any atom is -0.423 e. The summed E-state index contributed by atoms with van der Waals surface area (Å²) in [5.41, 5.74) is 3.29. The van der Waals surface area contributed by atoms with E-state index in [1.54, 1.807) is 31.2 Å². The molecule has 0 aliphatic heterocycles. The van der Waals surface area contributed by atoms with Crippen LogP contribution in [0.2, 0.25) is 5.02 Å². The lowest BCUT2D eigenvalue weighted by Gasteiger charge is -2.06. The molecule has 0 fully saturated rings. The van der Waals surface area contributed by atoms with Gasteiger partial charge in [0.05, 0.1) is 11.4 Å². The van der Waals surface area contributed by atoms with Gasteiger partial charge in [-0.15, -0.1) is 15.3 Å². The predicted octanol–water partition coefficient (Wildman–Crippen LogP) is 4.46. The number of aromatic nitrogens is 4. The molecule has 4 aromatic rings. The second kappa shape index (κ2) is 7.64. The first-order chi connectivity index (χ1) is 13.6. The van der Waals surface area contributed by atoms with E-state index in [2.05, 4.69) is 42.6 Å². The third-order valence-corrected chi connectivity index (χ3v) is 4.81. The number of hydrogen-bond acceptors (Lipinski definition) is 7. The molecule has 8 nitrogen and oxygen atoms in total. The van der Waals surface area contributed by atoms with Crippen molar-refractivity contribution in [1.29, 1.82) is 0 Å². The van der Waals surface area contributed by atoms with E-state index < -0.39 is 6.03 Å². The molecule has 0 spiro atoms. The van der Waals surface area contributed by atoms with Crippen molar-refractivity contribution in [3.8, 4) is 22.6 Å². The highest BCUT2D eigenvalue weighted by atomic mass is 35.5. The molecule has 0 aliphatic carbocycles. The van der Waals surface area contributed by atoms with E-state index in [4.69, 9.17) is 16.0 Å². The third kappa shape index (κ3) is 3.78. The molecule has 2 aromatic heterocycles. The second-order valence-corrected chi connectivity index (χ2v) is 6.78. The summed E-state index contributed by atoms with van der Waals surface area (Å²) < 4.78 is 8.99. The quantitative estimate of drug-likeness (QED) is 0.514. The highest BCUT2D eigenvalue weighted by Crippen LogP contribution is 2.31. The number of rotatable bonds is 4. The van der Waals surface area contributed by atoms with E-state index in [1.807, 2.05) is 6.07 Å². The molecule has 0 saturated heterocycles. The summed E-state index contributed by atoms with van der Waals surface area (Å²) in [4.78, 5) is 12.1. The molecule has 0 atom stereocenters. The van der Waals surface area contributed by atoms with E-state index >= 15 is 0 Å². The zero-order valence-electron chi connectivity index (χ0n) is 14.4. The van der Waals surface area contributed by atoms with Gasteiger partial charge in [0.1, 0.15) is 5.00 Å². The molecule has 2 N–H and O–H groups in total. The number of nitrogens with zero attached hydrogens (tertiary/aromatic N) is 4. The number of benzene rings is 1. The summed E-state index contributed by atoms with van der Waals surface area (Å²) in [6.45, 7) is 1.76. The van der Waals surface area contributed by atoms with Gasteiger partial charge in [-0.05, 0) is 43.3 Å². The van der Waals surface area contributed by atoms with Crippen LogP contribution in [0.3, 0.4) is 0 Å². The van der Waals surface area contributed by atoms with Crippen LogP contribution in [0.1, 0.15) is 5.69 Å². The van der Waals surface area contributed by atoms with Crippen LogP contribution in [0.25, 0.3) is 22.6 Å². The summed E-state index contributed by atoms with van der Waals surface area (Å²) in [5.74, 6) is 0.393. The molecular formula is C18H11ClN6O2S. The maximum absolute atomic E-state index is 12.1. The van der Waals surface area contributed by atoms with Crippen molar-refractivity contribution >= 4 is 39.9 Å². The Morgan fingerprint density at radius 2 is 2.07 bits per heavy atom. The van der Waals surface area contributed by atoms with Gasteiger partial charge in [-0.1, -0.05) is 22.2 Å². The second-order valence-electron chi connectivity index (χ2n) is 5.62. The molecule has 0 bridgehead atoms. The average molecular weight is 411 g/mol. The third-order valence-electron chi connectivity index (χ3n) is 3.74. The Hall–Kier alpha value is -3.48. The fraction of sp³-hybridized carbons (Fsp3) is 0.0556. The van der Waals surface area contributed by atoms with Crippen LogP contribution in [-0.4, -0.2) is 25.8 Å². The molecule has 28 heavy (non-hydrogen) atoms. The first-order valence-corrected chi connectivity index (χ1v) is 9.13. The molecule has 0 radical (unpaired) electrons. The lowest BCUT2D eigenvalue weighted by atomic mass is 10.0. The maximum Gasteiger partial charge on any atom is 0.324 e. The van der Waals surface area contributed by atoms with Crippen molar-refractivity contribution in [2.24, 2.45) is 0 Å². The lowest BCUT2D eigenvalue weighted by Crippen LogP contribution is -2.19. The number of amides is 2. The van der Waals surface area contributed by atoms with Crippen molar-refractivity contribution in [3.05, 3.63) is 59.6 Å². The molecule has 10 heteroatoms. The van der Waals surface area contributed by atoms with Gasteiger partial charge in [0.2, 0.25) is 12.3 Å². The van der Waals surface area contributed by atoms with Crippen LogP contribution in [0.4, 0.5) is 15.5 Å². The first kappa shape index (κ1) is 17.9. The Kier molecular flexibility index (Phi) is 4.89. The fourth-order valence-corrected chi connectivity index (χ4v) is 3.16. The van der Waals surface area contributed by atoms with Crippen molar-refractivity contribution in [1.82, 2.24) is 19.8 Å². The fourth-order valence-electron chi connectivity index (χ4n) is 2.38. The van der Waals surface area contributed by atoms with E-state index in [-0.39, 0.29) is 0 Å². The number of carbonyl (C=O) groups is 1. The topological polar surface area (TPSA) is 106 Å². The minimum absolute atomic E-state index is 0.393. The number of hydrogen-bond donors (Lipinski definition) is 2. The van der Waals surface area contributed by atoms with E-state index in [0.717, 1.165) is 22.7 Å². The van der Waals surface area contributed by atoms with E-state index in [9.17, 15) is 4.79 Å². The van der Waals surface area contributed by atoms with Gasteiger partial charge in [0, 0.05) is 33.2 Å². The largest absolute Gasteiger partial charge is 0.423 e. The van der Waals surface area contributed by atoms with Gasteiger partial charge in [0.15, 0.2) is 0 Å². The number of nitrogens with one attached hydrogen (secondary N) is 2. The Balaban J connectivity index is 1.51. The average Bonchev–Trinajstić information content (AvgIpc) is 3.36. The Bertz CT molecular complexity index is 1110. The van der Waals surface area contributed by atoms with Gasteiger partial charge in [0.25, 0.3) is 0 Å². The number of anilines is 2. The van der Waals surface area contributed by atoms with Crippen LogP contribution in [-0.2, 0) is 0 Å². The first-order valence-electron chi connectivity index (χ1n) is 7.97. The molecule has 138 valence electrons. The summed E-state index contributed by atoms with van der Waals surface area (Å²) in [7, 11) is 0. The van der Waals surface area contributed by atoms with E-state index in [1.165, 1.54) is 6.39 Å². The molecular weight excluding hydrogens is 400 g/mol. The monoisotopic (exact) mass is 410 g/mol. The van der Waals surface area contributed by atoms with Crippen LogP contribution in [0, 0.1) is 19.1 Å². The van der Waals surface area contributed by atoms with Crippen LogP contribution in [0.15, 0.2) is 41.1 Å². The SMILES string of the molecule is Cc1nnsc1NC(=O)Nc1c#cc(-c2cc(-c3nnco3)ccc2Cl)cc1. The molecule has 2 heterocycles. The zero-order valence-corrected chi connectivity index (χ0v) is 15.9. The number of urea groups is 1. The van der Waals surface area contributed by atoms with Gasteiger partial charge < -0.3 is 9.73 Å². The van der Waals surface area contributed by atoms with Crippen molar-refractivity contribution in [2.45, 2.75) is 6.92 Å². The van der Waals surface area contributed by atoms with Crippen LogP contribution >= 0.6 is 23.1 Å². The molecule has 0 saturated carbocycles. The van der Waals surface area contributed by atoms with Gasteiger partial charge >= 0.3 is 6.03 Å². The Morgan fingerprint density at radius 3 is 2.75 bits per heavy atom. The van der Waals surface area contributed by atoms with Crippen molar-refractivity contribution in [2.75, 3.05) is 10.6 Å². The maximum atomic E-state index is 12.1. The van der Waals surface area contributed by atoms with Gasteiger partial charge in [-0.3, -0.25) is 5.32 Å². The number of halogens is 1. The molecule has 2 aromatic carbocycles. The number of carbonyl (C=O) groups excluding carboxylic acids is 1. The summed E-state index contributed by atoms with van der Waals surface area (Å²) in [6, 6.07) is 14.3.